The van der Waals surface area contributed by atoms with Gasteiger partial charge in [0.1, 0.15) is 0 Å². The molecule has 0 aliphatic heterocycles. The summed E-state index contributed by atoms with van der Waals surface area (Å²) in [4.78, 5) is 0. The third-order valence-corrected chi connectivity index (χ3v) is 2.28. The second-order valence-electron chi connectivity index (χ2n) is 3.46. The number of ether oxygens (including phenoxy) is 1. The van der Waals surface area contributed by atoms with Crippen LogP contribution in [0.25, 0.3) is 0 Å². The molecule has 0 aromatic heterocycles. The minimum absolute atomic E-state index is 0.210. The van der Waals surface area contributed by atoms with E-state index in [2.05, 4.69) is 13.8 Å². The Kier molecular flexibility index (Phi) is 8.05. The van der Waals surface area contributed by atoms with Crippen LogP contribution in [0.2, 0.25) is 0 Å². The fourth-order valence-electron chi connectivity index (χ4n) is 1.14. The Hall–Kier alpha value is -0.340. The fraction of sp³-hybridized carbons (Fsp3) is 0.818. The number of hydrogen-bond donors (Lipinski definition) is 1. The van der Waals surface area contributed by atoms with E-state index in [0.717, 1.165) is 12.8 Å². The summed E-state index contributed by atoms with van der Waals surface area (Å²) in [5.74, 6) is 0.698. The highest BCUT2D eigenvalue weighted by molar-refractivity contribution is 4.89. The molecule has 13 heavy (non-hydrogen) atoms. The molecule has 0 heterocycles. The molecule has 0 aliphatic carbocycles. The zero-order chi connectivity index (χ0) is 10.1. The Morgan fingerprint density at radius 2 is 2.15 bits per heavy atom. The second kappa shape index (κ2) is 8.27. The number of methoxy groups -OCH3 is 1. The molecule has 0 saturated carbocycles. The van der Waals surface area contributed by atoms with Crippen LogP contribution in [0.1, 0.15) is 33.1 Å². The van der Waals surface area contributed by atoms with Crippen LogP contribution in [-0.4, -0.2) is 24.9 Å². The maximum Gasteiger partial charge on any atom is 0.0754 e. The lowest BCUT2D eigenvalue weighted by Gasteiger charge is -2.15. The van der Waals surface area contributed by atoms with Crippen molar-refractivity contribution in [1.29, 1.82) is 0 Å². The van der Waals surface area contributed by atoms with E-state index in [1.807, 2.05) is 12.2 Å². The van der Waals surface area contributed by atoms with Crippen molar-refractivity contribution in [2.75, 3.05) is 13.7 Å². The van der Waals surface area contributed by atoms with E-state index in [9.17, 15) is 0 Å². The second-order valence-corrected chi connectivity index (χ2v) is 3.46. The third kappa shape index (κ3) is 6.79. The van der Waals surface area contributed by atoms with Crippen LogP contribution in [0, 0.1) is 5.92 Å². The van der Waals surface area contributed by atoms with Gasteiger partial charge in [0.15, 0.2) is 0 Å². The fourth-order valence-corrected chi connectivity index (χ4v) is 1.14. The van der Waals surface area contributed by atoms with Gasteiger partial charge in [0.25, 0.3) is 0 Å². The molecular formula is C11H22O2. The van der Waals surface area contributed by atoms with Gasteiger partial charge in [0, 0.05) is 13.7 Å². The lowest BCUT2D eigenvalue weighted by atomic mass is 10.0. The van der Waals surface area contributed by atoms with Gasteiger partial charge in [0.2, 0.25) is 0 Å². The topological polar surface area (TPSA) is 29.5 Å². The van der Waals surface area contributed by atoms with E-state index in [1.165, 1.54) is 6.42 Å². The quantitative estimate of drug-likeness (QED) is 0.618. The van der Waals surface area contributed by atoms with E-state index in [0.29, 0.717) is 5.92 Å². The van der Waals surface area contributed by atoms with Crippen LogP contribution >= 0.6 is 0 Å². The number of aliphatic hydroxyl groups excluding tert-OH is 1. The molecule has 2 heteroatoms. The minimum atomic E-state index is 0.210. The van der Waals surface area contributed by atoms with Crippen molar-refractivity contribution < 1.29 is 9.84 Å². The van der Waals surface area contributed by atoms with Gasteiger partial charge in [-0.15, -0.1) is 0 Å². The molecule has 2 atom stereocenters. The molecule has 0 aliphatic rings. The minimum Gasteiger partial charge on any atom is -0.396 e. The molecule has 2 unspecified atom stereocenters. The lowest BCUT2D eigenvalue weighted by Crippen LogP contribution is -2.11. The standard InChI is InChI=1S/C11H22O2/c1-4-10(2)9-11(13-3)7-5-6-8-12/h5,7,10-12H,4,6,8-9H2,1-3H3. The van der Waals surface area contributed by atoms with Crippen LogP contribution in [0.4, 0.5) is 0 Å². The molecule has 0 bridgehead atoms. The van der Waals surface area contributed by atoms with Gasteiger partial charge in [-0.2, -0.15) is 0 Å². The number of rotatable bonds is 7. The van der Waals surface area contributed by atoms with Gasteiger partial charge < -0.3 is 9.84 Å². The summed E-state index contributed by atoms with van der Waals surface area (Å²) in [5.41, 5.74) is 0. The summed E-state index contributed by atoms with van der Waals surface area (Å²) in [6.45, 7) is 4.64. The smallest absolute Gasteiger partial charge is 0.0754 e. The Morgan fingerprint density at radius 1 is 1.46 bits per heavy atom. The average molecular weight is 186 g/mol. The van der Waals surface area contributed by atoms with Gasteiger partial charge in [-0.05, 0) is 18.8 Å². The predicted molar refractivity (Wildman–Crippen MR) is 55.7 cm³/mol. The van der Waals surface area contributed by atoms with Crippen molar-refractivity contribution >= 4 is 0 Å². The van der Waals surface area contributed by atoms with E-state index >= 15 is 0 Å². The molecule has 0 saturated heterocycles. The summed E-state index contributed by atoms with van der Waals surface area (Å²) in [6, 6.07) is 0. The van der Waals surface area contributed by atoms with Crippen molar-refractivity contribution in [2.24, 2.45) is 5.92 Å². The van der Waals surface area contributed by atoms with Crippen LogP contribution in [0.5, 0.6) is 0 Å². The summed E-state index contributed by atoms with van der Waals surface area (Å²) < 4.78 is 5.30. The summed E-state index contributed by atoms with van der Waals surface area (Å²) in [6.07, 6.45) is 7.21. The Balaban J connectivity index is 3.74. The monoisotopic (exact) mass is 186 g/mol. The molecule has 0 rings (SSSR count). The van der Waals surface area contributed by atoms with Crippen molar-refractivity contribution in [1.82, 2.24) is 0 Å². The maximum absolute atomic E-state index is 8.59. The largest absolute Gasteiger partial charge is 0.396 e. The lowest BCUT2D eigenvalue weighted by molar-refractivity contribution is 0.119. The first kappa shape index (κ1) is 12.7. The van der Waals surface area contributed by atoms with E-state index < -0.39 is 0 Å². The number of aliphatic hydroxyl groups is 1. The maximum atomic E-state index is 8.59. The van der Waals surface area contributed by atoms with Crippen molar-refractivity contribution in [3.8, 4) is 0 Å². The van der Waals surface area contributed by atoms with Gasteiger partial charge in [0.05, 0.1) is 6.10 Å². The number of hydrogen-bond acceptors (Lipinski definition) is 2. The molecule has 0 fully saturated rings. The molecule has 78 valence electrons. The molecule has 1 N–H and O–H groups in total. The summed E-state index contributed by atoms with van der Waals surface area (Å²) in [5, 5.41) is 8.59. The zero-order valence-electron chi connectivity index (χ0n) is 8.99. The molecule has 0 spiro atoms. The SMILES string of the molecule is CCC(C)CC(C=CCCO)OC. The van der Waals surface area contributed by atoms with E-state index in [-0.39, 0.29) is 12.7 Å². The predicted octanol–water partition coefficient (Wildman–Crippen LogP) is 2.38. The van der Waals surface area contributed by atoms with Gasteiger partial charge in [-0.1, -0.05) is 32.4 Å². The molecule has 0 aromatic carbocycles. The Labute approximate surface area is 81.6 Å². The first-order valence-corrected chi connectivity index (χ1v) is 5.04. The first-order valence-electron chi connectivity index (χ1n) is 5.04. The average Bonchev–Trinajstić information content (AvgIpc) is 2.16. The van der Waals surface area contributed by atoms with Gasteiger partial charge in [-0.3, -0.25) is 0 Å². The van der Waals surface area contributed by atoms with Crippen LogP contribution in [-0.2, 0) is 4.74 Å². The third-order valence-electron chi connectivity index (χ3n) is 2.28. The van der Waals surface area contributed by atoms with Crippen LogP contribution < -0.4 is 0 Å². The van der Waals surface area contributed by atoms with Crippen molar-refractivity contribution in [3.63, 3.8) is 0 Å². The van der Waals surface area contributed by atoms with Crippen molar-refractivity contribution in [2.45, 2.75) is 39.2 Å². The highest BCUT2D eigenvalue weighted by Gasteiger charge is 2.07. The van der Waals surface area contributed by atoms with Crippen molar-refractivity contribution in [3.05, 3.63) is 12.2 Å². The van der Waals surface area contributed by atoms with E-state index in [4.69, 9.17) is 9.84 Å². The summed E-state index contributed by atoms with van der Waals surface area (Å²) in [7, 11) is 1.73. The molecule has 2 nitrogen and oxygen atoms in total. The highest BCUT2D eigenvalue weighted by Crippen LogP contribution is 2.12. The Morgan fingerprint density at radius 3 is 2.62 bits per heavy atom. The van der Waals surface area contributed by atoms with Crippen LogP contribution in [0.15, 0.2) is 12.2 Å². The molecule has 0 radical (unpaired) electrons. The normalized spacial score (nSPS) is 16.3. The first-order chi connectivity index (χ1) is 6.24. The van der Waals surface area contributed by atoms with Gasteiger partial charge >= 0.3 is 0 Å². The zero-order valence-corrected chi connectivity index (χ0v) is 8.99. The van der Waals surface area contributed by atoms with Crippen LogP contribution in [0.3, 0.4) is 0 Å². The highest BCUT2D eigenvalue weighted by atomic mass is 16.5. The van der Waals surface area contributed by atoms with E-state index in [1.54, 1.807) is 7.11 Å². The molecule has 0 amide bonds. The molecular weight excluding hydrogens is 164 g/mol. The summed E-state index contributed by atoms with van der Waals surface area (Å²) >= 11 is 0. The Bertz CT molecular complexity index is 132. The van der Waals surface area contributed by atoms with Gasteiger partial charge in [-0.25, -0.2) is 0 Å². The molecule has 0 aromatic rings.